The van der Waals surface area contributed by atoms with E-state index in [1.165, 1.54) is 17.7 Å². The van der Waals surface area contributed by atoms with Gasteiger partial charge in [-0.05, 0) is 85.8 Å². The Morgan fingerprint density at radius 3 is 2.61 bits per heavy atom. The number of benzene rings is 2. The van der Waals surface area contributed by atoms with Crippen molar-refractivity contribution in [3.63, 3.8) is 0 Å². The Labute approximate surface area is 170 Å². The highest BCUT2D eigenvalue weighted by atomic mass is 35.5. The zero-order valence-electron chi connectivity index (χ0n) is 16.1. The minimum Gasteiger partial charge on any atom is -0.489 e. The number of nitrogens with one attached hydrogen (secondary N) is 1. The lowest BCUT2D eigenvalue weighted by molar-refractivity contribution is 0.107. The second-order valence-corrected chi connectivity index (χ2v) is 8.37. The van der Waals surface area contributed by atoms with Crippen LogP contribution in [-0.2, 0) is 12.0 Å². The molecule has 0 bridgehead atoms. The zero-order chi connectivity index (χ0) is 19.7. The van der Waals surface area contributed by atoms with Crippen LogP contribution in [0.4, 0.5) is 4.39 Å². The number of halogens is 2. The molecule has 0 spiro atoms. The molecule has 0 radical (unpaired) electrons. The molecule has 0 saturated heterocycles. The number of fused-ring (bicyclic) bond motifs is 1. The molecule has 1 heterocycles. The van der Waals surface area contributed by atoms with Gasteiger partial charge in [-0.1, -0.05) is 23.7 Å². The highest BCUT2D eigenvalue weighted by molar-refractivity contribution is 6.32. The minimum atomic E-state index is -0.216. The Morgan fingerprint density at radius 1 is 1.21 bits per heavy atom. The SMILES string of the molecule is C[C@H](N)C1(c2ccc(F)cc2)CCC(Oc2cc3c(cc2Cl)CNC=C3)CC1. The highest BCUT2D eigenvalue weighted by Crippen LogP contribution is 2.43. The molecule has 1 aliphatic carbocycles. The Balaban J connectivity index is 1.49. The third-order valence-corrected chi connectivity index (χ3v) is 6.57. The average molecular weight is 401 g/mol. The van der Waals surface area contributed by atoms with Crippen LogP contribution in [0.15, 0.2) is 42.6 Å². The van der Waals surface area contributed by atoms with E-state index in [2.05, 4.69) is 5.32 Å². The lowest BCUT2D eigenvalue weighted by Gasteiger charge is -2.43. The van der Waals surface area contributed by atoms with Crippen molar-refractivity contribution < 1.29 is 9.13 Å². The van der Waals surface area contributed by atoms with E-state index in [1.54, 1.807) is 0 Å². The average Bonchev–Trinajstić information content (AvgIpc) is 2.70. The Bertz CT molecular complexity index is 871. The second-order valence-electron chi connectivity index (χ2n) is 7.96. The van der Waals surface area contributed by atoms with Gasteiger partial charge in [0.15, 0.2) is 0 Å². The van der Waals surface area contributed by atoms with E-state index in [-0.39, 0.29) is 23.4 Å². The number of rotatable bonds is 4. The summed E-state index contributed by atoms with van der Waals surface area (Å²) in [5.74, 6) is 0.527. The molecule has 0 amide bonds. The first kappa shape index (κ1) is 19.3. The maximum Gasteiger partial charge on any atom is 0.138 e. The zero-order valence-corrected chi connectivity index (χ0v) is 16.8. The van der Waals surface area contributed by atoms with Gasteiger partial charge < -0.3 is 15.8 Å². The molecule has 1 aliphatic heterocycles. The summed E-state index contributed by atoms with van der Waals surface area (Å²) in [5, 5.41) is 3.84. The van der Waals surface area contributed by atoms with Crippen molar-refractivity contribution in [2.45, 2.75) is 56.7 Å². The van der Waals surface area contributed by atoms with Gasteiger partial charge in [0.05, 0.1) is 11.1 Å². The molecule has 28 heavy (non-hydrogen) atoms. The van der Waals surface area contributed by atoms with E-state index in [0.717, 1.165) is 49.1 Å². The van der Waals surface area contributed by atoms with Gasteiger partial charge in [-0.25, -0.2) is 4.39 Å². The van der Waals surface area contributed by atoms with Gasteiger partial charge in [-0.3, -0.25) is 0 Å². The quantitative estimate of drug-likeness (QED) is 0.745. The summed E-state index contributed by atoms with van der Waals surface area (Å²) in [5.41, 5.74) is 9.70. The number of nitrogens with two attached hydrogens (primary N) is 1. The molecular formula is C23H26ClFN2O. The number of hydrogen-bond acceptors (Lipinski definition) is 3. The van der Waals surface area contributed by atoms with E-state index in [9.17, 15) is 4.39 Å². The minimum absolute atomic E-state index is 0.0103. The first-order chi connectivity index (χ1) is 13.5. The Morgan fingerprint density at radius 2 is 1.93 bits per heavy atom. The van der Waals surface area contributed by atoms with E-state index >= 15 is 0 Å². The third kappa shape index (κ3) is 3.63. The van der Waals surface area contributed by atoms with Gasteiger partial charge in [-0.2, -0.15) is 0 Å². The van der Waals surface area contributed by atoms with Crippen molar-refractivity contribution in [2.75, 3.05) is 0 Å². The number of hydrogen-bond donors (Lipinski definition) is 2. The van der Waals surface area contributed by atoms with Crippen LogP contribution in [0.5, 0.6) is 5.75 Å². The van der Waals surface area contributed by atoms with Crippen LogP contribution in [0.25, 0.3) is 6.08 Å². The maximum atomic E-state index is 13.4. The molecule has 0 unspecified atom stereocenters. The summed E-state index contributed by atoms with van der Waals surface area (Å²) in [4.78, 5) is 0. The van der Waals surface area contributed by atoms with E-state index < -0.39 is 0 Å². The summed E-state index contributed by atoms with van der Waals surface area (Å²) in [6, 6.07) is 10.8. The van der Waals surface area contributed by atoms with Crippen LogP contribution in [0.3, 0.4) is 0 Å². The molecule has 1 fully saturated rings. The van der Waals surface area contributed by atoms with Crippen LogP contribution in [0, 0.1) is 5.82 Å². The van der Waals surface area contributed by atoms with Crippen molar-refractivity contribution in [3.8, 4) is 5.75 Å². The summed E-state index contributed by atoms with van der Waals surface area (Å²) < 4.78 is 19.7. The summed E-state index contributed by atoms with van der Waals surface area (Å²) in [6.45, 7) is 2.83. The van der Waals surface area contributed by atoms with Gasteiger partial charge >= 0.3 is 0 Å². The third-order valence-electron chi connectivity index (χ3n) is 6.28. The molecule has 4 rings (SSSR count). The van der Waals surface area contributed by atoms with Crippen LogP contribution in [0.2, 0.25) is 5.02 Å². The normalized spacial score (nSPS) is 24.9. The molecule has 2 aromatic carbocycles. The number of ether oxygens (including phenoxy) is 1. The van der Waals surface area contributed by atoms with Gasteiger partial charge in [-0.15, -0.1) is 0 Å². The predicted octanol–water partition coefficient (Wildman–Crippen LogP) is 5.16. The van der Waals surface area contributed by atoms with E-state index in [4.69, 9.17) is 22.1 Å². The van der Waals surface area contributed by atoms with Crippen molar-refractivity contribution in [2.24, 2.45) is 5.73 Å². The van der Waals surface area contributed by atoms with Crippen LogP contribution in [-0.4, -0.2) is 12.1 Å². The van der Waals surface area contributed by atoms with E-state index in [1.807, 2.05) is 43.5 Å². The molecule has 2 aliphatic rings. The lowest BCUT2D eigenvalue weighted by Crippen LogP contribution is -2.47. The fourth-order valence-electron chi connectivity index (χ4n) is 4.52. The molecular weight excluding hydrogens is 375 g/mol. The van der Waals surface area contributed by atoms with Gasteiger partial charge in [0, 0.05) is 18.0 Å². The topological polar surface area (TPSA) is 47.3 Å². The maximum absolute atomic E-state index is 13.4. The molecule has 5 heteroatoms. The Kier molecular flexibility index (Phi) is 5.35. The van der Waals surface area contributed by atoms with Gasteiger partial charge in [0.1, 0.15) is 11.6 Å². The predicted molar refractivity (Wildman–Crippen MR) is 112 cm³/mol. The van der Waals surface area contributed by atoms with Gasteiger partial charge in [0.2, 0.25) is 0 Å². The van der Waals surface area contributed by atoms with Crippen molar-refractivity contribution in [3.05, 3.63) is 70.1 Å². The van der Waals surface area contributed by atoms with Crippen LogP contribution in [0.1, 0.15) is 49.3 Å². The Hall–Kier alpha value is -2.04. The first-order valence-corrected chi connectivity index (χ1v) is 10.3. The molecule has 1 atom stereocenters. The van der Waals surface area contributed by atoms with Gasteiger partial charge in [0.25, 0.3) is 0 Å². The molecule has 3 N–H and O–H groups in total. The monoisotopic (exact) mass is 400 g/mol. The summed E-state index contributed by atoms with van der Waals surface area (Å²) >= 11 is 6.47. The van der Waals surface area contributed by atoms with E-state index in [0.29, 0.717) is 5.02 Å². The van der Waals surface area contributed by atoms with Crippen LogP contribution >= 0.6 is 11.6 Å². The van der Waals surface area contributed by atoms with Crippen molar-refractivity contribution in [1.82, 2.24) is 5.32 Å². The largest absolute Gasteiger partial charge is 0.489 e. The smallest absolute Gasteiger partial charge is 0.138 e. The molecule has 148 valence electrons. The summed E-state index contributed by atoms with van der Waals surface area (Å²) in [6.07, 6.45) is 7.70. The standard InChI is InChI=1S/C23H26ClFN2O/c1-15(26)23(18-2-4-19(25)5-3-18)9-6-20(7-10-23)28-22-13-16-8-11-27-14-17(16)12-21(22)24/h2-5,8,11-13,15,20,27H,6-7,9-10,14,26H2,1H3/t15-,20?,23?/m0/s1. The fourth-order valence-corrected chi connectivity index (χ4v) is 4.75. The fraction of sp³-hybridized carbons (Fsp3) is 0.391. The molecule has 2 aromatic rings. The lowest BCUT2D eigenvalue weighted by atomic mass is 9.65. The first-order valence-electron chi connectivity index (χ1n) is 9.88. The second kappa shape index (κ2) is 7.76. The van der Waals surface area contributed by atoms with Crippen LogP contribution < -0.4 is 15.8 Å². The summed E-state index contributed by atoms with van der Waals surface area (Å²) in [7, 11) is 0. The van der Waals surface area contributed by atoms with Crippen molar-refractivity contribution >= 4 is 17.7 Å². The highest BCUT2D eigenvalue weighted by Gasteiger charge is 2.40. The molecule has 1 saturated carbocycles. The molecule has 0 aromatic heterocycles. The molecule has 3 nitrogen and oxygen atoms in total. The van der Waals surface area contributed by atoms with Crippen molar-refractivity contribution in [1.29, 1.82) is 0 Å².